The van der Waals surface area contributed by atoms with Crippen LogP contribution in [0.2, 0.25) is 5.02 Å². The van der Waals surface area contributed by atoms with E-state index in [-0.39, 0.29) is 10.9 Å². The molecule has 1 N–H and O–H groups in total. The van der Waals surface area contributed by atoms with Gasteiger partial charge in [0.05, 0.1) is 23.7 Å². The first-order valence-corrected chi connectivity index (χ1v) is 12.2. The zero-order chi connectivity index (χ0) is 24.2. The molecule has 0 spiro atoms. The quantitative estimate of drug-likeness (QED) is 0.484. The Morgan fingerprint density at radius 1 is 1.06 bits per heavy atom. The number of aryl methyl sites for hydroxylation is 2. The summed E-state index contributed by atoms with van der Waals surface area (Å²) in [6.45, 7) is 5.11. The molecule has 0 aliphatic carbocycles. The third-order valence-corrected chi connectivity index (χ3v) is 7.52. The highest BCUT2D eigenvalue weighted by atomic mass is 35.5. The smallest absolute Gasteiger partial charge is 0.264 e. The van der Waals surface area contributed by atoms with Crippen molar-refractivity contribution in [2.24, 2.45) is 0 Å². The van der Waals surface area contributed by atoms with Gasteiger partial charge in [-0.1, -0.05) is 53.6 Å². The summed E-state index contributed by atoms with van der Waals surface area (Å²) in [6.07, 6.45) is 0. The van der Waals surface area contributed by atoms with Gasteiger partial charge in [0.1, 0.15) is 12.3 Å². The normalized spacial score (nSPS) is 12.2. The van der Waals surface area contributed by atoms with E-state index in [4.69, 9.17) is 16.3 Å². The van der Waals surface area contributed by atoms with Gasteiger partial charge < -0.3 is 10.1 Å². The van der Waals surface area contributed by atoms with Crippen molar-refractivity contribution in [3.05, 3.63) is 88.4 Å². The maximum absolute atomic E-state index is 13.5. The molecule has 3 rings (SSSR count). The fourth-order valence-corrected chi connectivity index (χ4v) is 5.00. The Morgan fingerprint density at radius 2 is 1.73 bits per heavy atom. The minimum absolute atomic E-state index is 0.0929. The largest absolute Gasteiger partial charge is 0.496 e. The van der Waals surface area contributed by atoms with Crippen molar-refractivity contribution in [3.63, 3.8) is 0 Å². The molecule has 0 heterocycles. The molecule has 33 heavy (non-hydrogen) atoms. The van der Waals surface area contributed by atoms with E-state index in [1.165, 1.54) is 12.1 Å². The van der Waals surface area contributed by atoms with Crippen molar-refractivity contribution in [1.29, 1.82) is 0 Å². The van der Waals surface area contributed by atoms with Crippen LogP contribution in [0.1, 0.15) is 29.7 Å². The summed E-state index contributed by atoms with van der Waals surface area (Å²) in [7, 11) is -2.46. The average Bonchev–Trinajstić information content (AvgIpc) is 2.79. The molecule has 174 valence electrons. The van der Waals surface area contributed by atoms with E-state index >= 15 is 0 Å². The SMILES string of the molecule is COc1ccccc1[C@H](C)NC(=O)CN(c1ccc(C)c(Cl)c1)S(=O)(=O)c1ccc(C)cc1. The van der Waals surface area contributed by atoms with Gasteiger partial charge in [0.2, 0.25) is 5.91 Å². The van der Waals surface area contributed by atoms with Crippen LogP contribution >= 0.6 is 11.6 Å². The number of hydrogen-bond donors (Lipinski definition) is 1. The standard InChI is InChI=1S/C25H27ClN2O4S/c1-17-9-13-21(14-10-17)33(30,31)28(20-12-11-18(2)23(26)15-20)16-25(29)27-19(3)22-7-5-6-8-24(22)32-4/h5-15,19H,16H2,1-4H3,(H,27,29)/t19-/m0/s1. The van der Waals surface area contributed by atoms with Crippen LogP contribution in [0.4, 0.5) is 5.69 Å². The molecule has 0 bridgehead atoms. The lowest BCUT2D eigenvalue weighted by atomic mass is 10.1. The molecule has 0 aliphatic rings. The van der Waals surface area contributed by atoms with Gasteiger partial charge in [0.25, 0.3) is 10.0 Å². The van der Waals surface area contributed by atoms with Gasteiger partial charge in [0.15, 0.2) is 0 Å². The zero-order valence-corrected chi connectivity index (χ0v) is 20.6. The first-order valence-electron chi connectivity index (χ1n) is 10.4. The number of methoxy groups -OCH3 is 1. The fourth-order valence-electron chi connectivity index (χ4n) is 3.41. The molecule has 0 aromatic heterocycles. The van der Waals surface area contributed by atoms with Crippen LogP contribution in [0.3, 0.4) is 0 Å². The number of ether oxygens (including phenoxy) is 1. The van der Waals surface area contributed by atoms with Gasteiger partial charge in [-0.05, 0) is 56.7 Å². The predicted octanol–water partition coefficient (Wildman–Crippen LogP) is 5.04. The van der Waals surface area contributed by atoms with E-state index in [9.17, 15) is 13.2 Å². The molecule has 0 fully saturated rings. The minimum Gasteiger partial charge on any atom is -0.496 e. The highest BCUT2D eigenvalue weighted by Crippen LogP contribution is 2.29. The Labute approximate surface area is 200 Å². The number of hydrogen-bond acceptors (Lipinski definition) is 4. The van der Waals surface area contributed by atoms with Crippen LogP contribution in [0.15, 0.2) is 71.6 Å². The molecule has 1 atom stereocenters. The van der Waals surface area contributed by atoms with Crippen molar-refractivity contribution in [2.45, 2.75) is 31.7 Å². The number of benzene rings is 3. The maximum Gasteiger partial charge on any atom is 0.264 e. The highest BCUT2D eigenvalue weighted by molar-refractivity contribution is 7.92. The van der Waals surface area contributed by atoms with E-state index in [2.05, 4.69) is 5.32 Å². The second-order valence-electron chi connectivity index (χ2n) is 7.79. The molecule has 1 amide bonds. The summed E-state index contributed by atoms with van der Waals surface area (Å²) in [5, 5.41) is 3.29. The molecule has 8 heteroatoms. The Morgan fingerprint density at radius 3 is 2.36 bits per heavy atom. The second-order valence-corrected chi connectivity index (χ2v) is 10.1. The van der Waals surface area contributed by atoms with E-state index in [0.717, 1.165) is 21.0 Å². The Hall–Kier alpha value is -3.03. The number of para-hydroxylation sites is 1. The number of carbonyl (C=O) groups excluding carboxylic acids is 1. The van der Waals surface area contributed by atoms with Gasteiger partial charge in [-0.25, -0.2) is 8.42 Å². The van der Waals surface area contributed by atoms with Gasteiger partial charge in [-0.2, -0.15) is 0 Å². The maximum atomic E-state index is 13.5. The number of anilines is 1. The second kappa shape index (κ2) is 10.3. The molecule has 0 aliphatic heterocycles. The minimum atomic E-state index is -4.02. The van der Waals surface area contributed by atoms with Crippen LogP contribution in [0.5, 0.6) is 5.75 Å². The third-order valence-electron chi connectivity index (χ3n) is 5.32. The first kappa shape index (κ1) is 24.6. The highest BCUT2D eigenvalue weighted by Gasteiger charge is 2.28. The number of carbonyl (C=O) groups is 1. The molecular formula is C25H27ClN2O4S. The first-order chi connectivity index (χ1) is 15.6. The molecular weight excluding hydrogens is 460 g/mol. The van der Waals surface area contributed by atoms with Crippen molar-refractivity contribution in [1.82, 2.24) is 5.32 Å². The number of sulfonamides is 1. The number of nitrogens with one attached hydrogen (secondary N) is 1. The molecule has 0 saturated carbocycles. The number of halogens is 1. The Kier molecular flexibility index (Phi) is 7.66. The van der Waals surface area contributed by atoms with Gasteiger partial charge in [-0.3, -0.25) is 9.10 Å². The lowest BCUT2D eigenvalue weighted by molar-refractivity contribution is -0.120. The fraction of sp³-hybridized carbons (Fsp3) is 0.240. The summed E-state index contributed by atoms with van der Waals surface area (Å²) in [5.41, 5.74) is 2.84. The van der Waals surface area contributed by atoms with Gasteiger partial charge in [0, 0.05) is 10.6 Å². The lowest BCUT2D eigenvalue weighted by Crippen LogP contribution is -2.41. The van der Waals surface area contributed by atoms with Crippen molar-refractivity contribution in [2.75, 3.05) is 18.0 Å². The average molecular weight is 487 g/mol. The Balaban J connectivity index is 1.93. The van der Waals surface area contributed by atoms with Crippen molar-refractivity contribution < 1.29 is 17.9 Å². The van der Waals surface area contributed by atoms with Crippen LogP contribution in [-0.4, -0.2) is 28.0 Å². The number of rotatable bonds is 8. The van der Waals surface area contributed by atoms with Crippen LogP contribution in [0.25, 0.3) is 0 Å². The van der Waals surface area contributed by atoms with Crippen molar-refractivity contribution in [3.8, 4) is 5.75 Å². The monoisotopic (exact) mass is 486 g/mol. The van der Waals surface area contributed by atoms with Crippen LogP contribution in [-0.2, 0) is 14.8 Å². The number of amides is 1. The topological polar surface area (TPSA) is 75.7 Å². The van der Waals surface area contributed by atoms with E-state index in [0.29, 0.717) is 16.5 Å². The van der Waals surface area contributed by atoms with E-state index in [1.54, 1.807) is 43.5 Å². The number of nitrogens with zero attached hydrogens (tertiary/aromatic N) is 1. The van der Waals surface area contributed by atoms with Crippen LogP contribution < -0.4 is 14.4 Å². The molecule has 0 saturated heterocycles. The van der Waals surface area contributed by atoms with Crippen molar-refractivity contribution >= 4 is 33.2 Å². The summed E-state index contributed by atoms with van der Waals surface area (Å²) in [5.74, 6) is 0.181. The molecule has 0 radical (unpaired) electrons. The molecule has 3 aromatic carbocycles. The van der Waals surface area contributed by atoms with E-state index in [1.807, 2.05) is 39.0 Å². The lowest BCUT2D eigenvalue weighted by Gasteiger charge is -2.26. The molecule has 3 aromatic rings. The summed E-state index contributed by atoms with van der Waals surface area (Å²) in [4.78, 5) is 13.1. The van der Waals surface area contributed by atoms with Crippen LogP contribution in [0, 0.1) is 13.8 Å². The zero-order valence-electron chi connectivity index (χ0n) is 19.0. The summed E-state index contributed by atoms with van der Waals surface area (Å²) >= 11 is 6.27. The van der Waals surface area contributed by atoms with E-state index < -0.39 is 22.5 Å². The molecule has 6 nitrogen and oxygen atoms in total. The molecule has 0 unspecified atom stereocenters. The Bertz CT molecular complexity index is 1240. The van der Waals surface area contributed by atoms with Gasteiger partial charge >= 0.3 is 0 Å². The predicted molar refractivity (Wildman–Crippen MR) is 131 cm³/mol. The summed E-state index contributed by atoms with van der Waals surface area (Å²) in [6, 6.07) is 18.4. The third kappa shape index (κ3) is 5.67. The van der Waals surface area contributed by atoms with Gasteiger partial charge in [-0.15, -0.1) is 0 Å². The summed E-state index contributed by atoms with van der Waals surface area (Å²) < 4.78 is 33.5.